The Kier molecular flexibility index (Phi) is 4.83. The van der Waals surface area contributed by atoms with E-state index in [1.54, 1.807) is 0 Å². The van der Waals surface area contributed by atoms with Crippen molar-refractivity contribution in [2.24, 2.45) is 0 Å². The van der Waals surface area contributed by atoms with Crippen LogP contribution < -0.4 is 4.90 Å². The van der Waals surface area contributed by atoms with E-state index in [9.17, 15) is 4.79 Å². The van der Waals surface area contributed by atoms with Crippen molar-refractivity contribution in [3.63, 3.8) is 0 Å². The van der Waals surface area contributed by atoms with Gasteiger partial charge in [0.2, 0.25) is 0 Å². The number of ether oxygens (including phenoxy) is 2. The summed E-state index contributed by atoms with van der Waals surface area (Å²) in [6, 6.07) is 8.76. The number of hydrogen-bond donors (Lipinski definition) is 0. The van der Waals surface area contributed by atoms with Crippen molar-refractivity contribution in [2.75, 3.05) is 37.8 Å². The molecule has 0 radical (unpaired) electrons. The normalized spacial score (nSPS) is 26.9. The molecule has 0 aromatic heterocycles. The van der Waals surface area contributed by atoms with Gasteiger partial charge < -0.3 is 14.4 Å². The molecule has 0 N–H and O–H groups in total. The molecule has 3 aliphatic rings. The Labute approximate surface area is 143 Å². The predicted octanol–water partition coefficient (Wildman–Crippen LogP) is 2.19. The second-order valence-corrected chi connectivity index (χ2v) is 7.05. The van der Waals surface area contributed by atoms with Gasteiger partial charge in [-0.2, -0.15) is 0 Å². The van der Waals surface area contributed by atoms with Crippen molar-refractivity contribution < 1.29 is 14.3 Å². The average Bonchev–Trinajstić information content (AvgIpc) is 3.23. The van der Waals surface area contributed by atoms with Crippen LogP contribution in [-0.2, 0) is 20.8 Å². The number of hydrogen-bond acceptors (Lipinski definition) is 4. The van der Waals surface area contributed by atoms with Crippen molar-refractivity contribution >= 4 is 11.6 Å². The summed E-state index contributed by atoms with van der Waals surface area (Å²) in [5.41, 5.74) is 2.30. The molecular weight excluding hydrogens is 304 g/mol. The molecule has 4 rings (SSSR count). The third-order valence-electron chi connectivity index (χ3n) is 5.40. The predicted molar refractivity (Wildman–Crippen MR) is 92.0 cm³/mol. The monoisotopic (exact) mass is 330 g/mol. The zero-order chi connectivity index (χ0) is 16.4. The van der Waals surface area contributed by atoms with E-state index in [0.29, 0.717) is 12.6 Å². The Morgan fingerprint density at radius 3 is 3.04 bits per heavy atom. The smallest absolute Gasteiger partial charge is 0.253 e. The fourth-order valence-electron chi connectivity index (χ4n) is 4.11. The van der Waals surface area contributed by atoms with Gasteiger partial charge in [-0.1, -0.05) is 18.2 Å². The molecule has 1 amide bonds. The van der Waals surface area contributed by atoms with Crippen LogP contribution in [0.15, 0.2) is 24.3 Å². The maximum atomic E-state index is 12.8. The fourth-order valence-corrected chi connectivity index (χ4v) is 4.11. The molecule has 24 heavy (non-hydrogen) atoms. The average molecular weight is 330 g/mol. The lowest BCUT2D eigenvalue weighted by Crippen LogP contribution is -2.42. The van der Waals surface area contributed by atoms with Gasteiger partial charge in [-0.05, 0) is 43.9 Å². The van der Waals surface area contributed by atoms with Crippen molar-refractivity contribution in [3.05, 3.63) is 29.8 Å². The zero-order valence-corrected chi connectivity index (χ0v) is 14.2. The van der Waals surface area contributed by atoms with E-state index in [2.05, 4.69) is 23.1 Å². The second-order valence-electron chi connectivity index (χ2n) is 7.05. The first-order valence-corrected chi connectivity index (χ1v) is 9.13. The van der Waals surface area contributed by atoms with Crippen molar-refractivity contribution in [1.29, 1.82) is 0 Å². The van der Waals surface area contributed by atoms with Crippen LogP contribution in [0.4, 0.5) is 5.69 Å². The van der Waals surface area contributed by atoms with Crippen molar-refractivity contribution in [3.8, 4) is 0 Å². The minimum Gasteiger partial charge on any atom is -0.376 e. The topological polar surface area (TPSA) is 42.0 Å². The molecule has 130 valence electrons. The molecule has 5 heteroatoms. The van der Waals surface area contributed by atoms with E-state index < -0.39 is 0 Å². The van der Waals surface area contributed by atoms with Crippen LogP contribution in [0.5, 0.6) is 0 Å². The van der Waals surface area contributed by atoms with Crippen LogP contribution in [0.2, 0.25) is 0 Å². The van der Waals surface area contributed by atoms with Gasteiger partial charge in [0, 0.05) is 31.4 Å². The zero-order valence-electron chi connectivity index (χ0n) is 14.2. The number of para-hydroxylation sites is 1. The first-order valence-electron chi connectivity index (χ1n) is 9.13. The molecule has 5 nitrogen and oxygen atoms in total. The molecule has 1 aromatic carbocycles. The highest BCUT2D eigenvalue weighted by molar-refractivity contribution is 5.95. The van der Waals surface area contributed by atoms with Gasteiger partial charge in [0.1, 0.15) is 6.61 Å². The number of nitrogens with zero attached hydrogens (tertiary/aromatic N) is 2. The maximum absolute atomic E-state index is 12.8. The van der Waals surface area contributed by atoms with Crippen LogP contribution >= 0.6 is 0 Å². The van der Waals surface area contributed by atoms with E-state index in [0.717, 1.165) is 44.8 Å². The lowest BCUT2D eigenvalue weighted by atomic mass is 10.1. The largest absolute Gasteiger partial charge is 0.376 e. The molecule has 0 spiro atoms. The molecule has 3 heterocycles. The van der Waals surface area contributed by atoms with E-state index in [1.165, 1.54) is 18.4 Å². The summed E-state index contributed by atoms with van der Waals surface area (Å²) in [6.45, 7) is 4.34. The highest BCUT2D eigenvalue weighted by atomic mass is 16.5. The van der Waals surface area contributed by atoms with Crippen molar-refractivity contribution in [1.82, 2.24) is 4.90 Å². The Hall–Kier alpha value is -1.43. The van der Waals surface area contributed by atoms with Crippen molar-refractivity contribution in [2.45, 2.75) is 44.4 Å². The van der Waals surface area contributed by atoms with Gasteiger partial charge in [-0.15, -0.1) is 0 Å². The molecule has 0 saturated carbocycles. The number of anilines is 1. The molecule has 2 saturated heterocycles. The Morgan fingerprint density at radius 1 is 1.25 bits per heavy atom. The fraction of sp³-hybridized carbons (Fsp3) is 0.632. The highest BCUT2D eigenvalue weighted by Gasteiger charge is 2.33. The summed E-state index contributed by atoms with van der Waals surface area (Å²) >= 11 is 0. The number of fused-ring (bicyclic) bond motifs is 2. The van der Waals surface area contributed by atoms with Gasteiger partial charge in [-0.3, -0.25) is 9.69 Å². The van der Waals surface area contributed by atoms with Gasteiger partial charge >= 0.3 is 0 Å². The minimum atomic E-state index is 0.0641. The molecule has 0 unspecified atom stereocenters. The first kappa shape index (κ1) is 16.1. The number of carbonyl (C=O) groups is 1. The van der Waals surface area contributed by atoms with Crippen LogP contribution in [0.1, 0.15) is 31.2 Å². The van der Waals surface area contributed by atoms with Gasteiger partial charge in [0.25, 0.3) is 5.91 Å². The summed E-state index contributed by atoms with van der Waals surface area (Å²) in [6.07, 6.45) is 4.70. The van der Waals surface area contributed by atoms with Gasteiger partial charge in [0.05, 0.1) is 12.7 Å². The maximum Gasteiger partial charge on any atom is 0.253 e. The van der Waals surface area contributed by atoms with E-state index in [4.69, 9.17) is 9.47 Å². The summed E-state index contributed by atoms with van der Waals surface area (Å²) in [7, 11) is 0. The van der Waals surface area contributed by atoms with E-state index >= 15 is 0 Å². The van der Waals surface area contributed by atoms with Gasteiger partial charge in [-0.25, -0.2) is 0 Å². The second kappa shape index (κ2) is 7.21. The van der Waals surface area contributed by atoms with Crippen LogP contribution in [0.25, 0.3) is 0 Å². The summed E-state index contributed by atoms with van der Waals surface area (Å²) in [5.74, 6) is 0.0641. The minimum absolute atomic E-state index is 0.0641. The third kappa shape index (κ3) is 3.34. The van der Waals surface area contributed by atoms with Gasteiger partial charge in [0.15, 0.2) is 0 Å². The third-order valence-corrected chi connectivity index (χ3v) is 5.40. The van der Waals surface area contributed by atoms with Crippen LogP contribution in [0.3, 0.4) is 0 Å². The lowest BCUT2D eigenvalue weighted by molar-refractivity contribution is -0.124. The highest BCUT2D eigenvalue weighted by Crippen LogP contribution is 2.31. The molecule has 1 aromatic rings. The standard InChI is InChI=1S/C19H26N2O3/c22-19(14-23-13-17-7-4-10-24-17)21-12-16-6-3-9-20(16)11-15-5-1-2-8-18(15)21/h1-2,5,8,16-17H,3-4,6-7,9-14H2/t16-,17-/m1/s1. The molecular formula is C19H26N2O3. The quantitative estimate of drug-likeness (QED) is 0.849. The molecule has 0 bridgehead atoms. The summed E-state index contributed by atoms with van der Waals surface area (Å²) < 4.78 is 11.2. The van der Waals surface area contributed by atoms with Crippen LogP contribution in [-0.4, -0.2) is 55.9 Å². The Balaban J connectivity index is 1.44. The number of carbonyl (C=O) groups excluding carboxylic acids is 1. The molecule has 3 aliphatic heterocycles. The molecule has 0 aliphatic carbocycles. The first-order chi connectivity index (χ1) is 11.8. The lowest BCUT2D eigenvalue weighted by Gasteiger charge is -2.26. The Morgan fingerprint density at radius 2 is 2.17 bits per heavy atom. The Bertz CT molecular complexity index is 586. The molecule has 2 fully saturated rings. The number of amides is 1. The van der Waals surface area contributed by atoms with Crippen LogP contribution in [0, 0.1) is 0 Å². The summed E-state index contributed by atoms with van der Waals surface area (Å²) in [4.78, 5) is 17.3. The summed E-state index contributed by atoms with van der Waals surface area (Å²) in [5, 5.41) is 0. The van der Waals surface area contributed by atoms with E-state index in [1.807, 2.05) is 11.0 Å². The number of benzene rings is 1. The van der Waals surface area contributed by atoms with E-state index in [-0.39, 0.29) is 18.6 Å². The number of rotatable bonds is 4. The SMILES string of the molecule is O=C(COC[C@H]1CCCO1)N1C[C@H]2CCCN2Cc2ccccc21. The molecule has 2 atom stereocenters.